The summed E-state index contributed by atoms with van der Waals surface area (Å²) >= 11 is 0. The Bertz CT molecular complexity index is 512. The Morgan fingerprint density at radius 3 is 2.67 bits per heavy atom. The average molecular weight is 294 g/mol. The van der Waals surface area contributed by atoms with E-state index in [0.717, 1.165) is 25.8 Å². The smallest absolute Gasteiger partial charge is 0.275 e. The normalized spacial score (nSPS) is 15.8. The molecular weight excluding hydrogens is 272 g/mol. The lowest BCUT2D eigenvalue weighted by molar-refractivity contribution is -0.384. The zero-order valence-corrected chi connectivity index (χ0v) is 12.5. The fourth-order valence-electron chi connectivity index (χ4n) is 2.35. The number of rotatable bonds is 8. The van der Waals surface area contributed by atoms with E-state index in [2.05, 4.69) is 5.32 Å². The average Bonchev–Trinajstić information content (AvgIpc) is 3.16. The molecule has 0 atom stereocenters. The summed E-state index contributed by atoms with van der Waals surface area (Å²) in [4.78, 5) is 10.6. The summed E-state index contributed by atoms with van der Waals surface area (Å²) in [7, 11) is 0. The number of hydrogen-bond donors (Lipinski definition) is 2. The Labute approximate surface area is 124 Å². The van der Waals surface area contributed by atoms with E-state index in [1.54, 1.807) is 6.07 Å². The van der Waals surface area contributed by atoms with Crippen LogP contribution in [0.4, 0.5) is 11.4 Å². The van der Waals surface area contributed by atoms with Gasteiger partial charge in [-0.15, -0.1) is 0 Å². The lowest BCUT2D eigenvalue weighted by Crippen LogP contribution is -2.17. The number of benzene rings is 1. The lowest BCUT2D eigenvalue weighted by Gasteiger charge is -2.16. The van der Waals surface area contributed by atoms with Gasteiger partial charge in [0.15, 0.2) is 0 Å². The third kappa shape index (κ3) is 4.32. The van der Waals surface area contributed by atoms with Gasteiger partial charge in [0, 0.05) is 31.0 Å². The summed E-state index contributed by atoms with van der Waals surface area (Å²) in [6, 6.07) is 4.73. The van der Waals surface area contributed by atoms with E-state index in [1.165, 1.54) is 12.1 Å². The molecule has 6 heteroatoms. The number of nitro benzene ring substituents is 1. The molecule has 0 radical (unpaired) electrons. The molecule has 2 N–H and O–H groups in total. The van der Waals surface area contributed by atoms with Crippen molar-refractivity contribution in [2.24, 2.45) is 5.41 Å². The summed E-state index contributed by atoms with van der Waals surface area (Å²) in [5, 5.41) is 23.3. The summed E-state index contributed by atoms with van der Waals surface area (Å²) in [6.07, 6.45) is 2.91. The zero-order chi connectivity index (χ0) is 15.5. The van der Waals surface area contributed by atoms with Crippen molar-refractivity contribution >= 4 is 11.4 Å². The van der Waals surface area contributed by atoms with Crippen LogP contribution in [-0.2, 0) is 0 Å². The molecule has 6 nitrogen and oxygen atoms in total. The number of non-ortho nitro benzene ring substituents is 1. The van der Waals surface area contributed by atoms with Gasteiger partial charge >= 0.3 is 0 Å². The molecule has 1 saturated carbocycles. The van der Waals surface area contributed by atoms with Crippen molar-refractivity contribution in [3.63, 3.8) is 0 Å². The molecule has 0 bridgehead atoms. The van der Waals surface area contributed by atoms with Crippen molar-refractivity contribution in [2.75, 3.05) is 18.5 Å². The van der Waals surface area contributed by atoms with Crippen molar-refractivity contribution < 1.29 is 14.8 Å². The quantitative estimate of drug-likeness (QED) is 0.569. The minimum atomic E-state index is -0.418. The van der Waals surface area contributed by atoms with Gasteiger partial charge in [0.05, 0.1) is 17.1 Å². The van der Waals surface area contributed by atoms with Gasteiger partial charge in [0.25, 0.3) is 5.69 Å². The second-order valence-corrected chi connectivity index (χ2v) is 5.97. The fourth-order valence-corrected chi connectivity index (χ4v) is 2.35. The molecule has 1 fully saturated rings. The van der Waals surface area contributed by atoms with Crippen LogP contribution in [0.5, 0.6) is 5.75 Å². The van der Waals surface area contributed by atoms with E-state index in [1.807, 2.05) is 13.8 Å². The van der Waals surface area contributed by atoms with E-state index in [4.69, 9.17) is 9.84 Å². The van der Waals surface area contributed by atoms with Crippen LogP contribution in [0.25, 0.3) is 0 Å². The summed E-state index contributed by atoms with van der Waals surface area (Å²) in [5.41, 5.74) is 0.852. The maximum Gasteiger partial charge on any atom is 0.275 e. The highest BCUT2D eigenvalue weighted by Gasteiger charge is 2.41. The van der Waals surface area contributed by atoms with Gasteiger partial charge in [0.2, 0.25) is 0 Å². The van der Waals surface area contributed by atoms with Crippen molar-refractivity contribution in [2.45, 2.75) is 39.2 Å². The molecule has 0 unspecified atom stereocenters. The Balaban J connectivity index is 2.10. The number of nitrogens with one attached hydrogen (secondary N) is 1. The van der Waals surface area contributed by atoms with Crippen molar-refractivity contribution in [1.82, 2.24) is 0 Å². The Morgan fingerprint density at radius 1 is 1.43 bits per heavy atom. The predicted octanol–water partition coefficient (Wildman–Crippen LogP) is 2.96. The van der Waals surface area contributed by atoms with Gasteiger partial charge in [-0.25, -0.2) is 0 Å². The Morgan fingerprint density at radius 2 is 2.14 bits per heavy atom. The van der Waals surface area contributed by atoms with Gasteiger partial charge in [-0.3, -0.25) is 10.1 Å². The summed E-state index contributed by atoms with van der Waals surface area (Å²) < 4.78 is 5.56. The molecule has 1 aliphatic rings. The van der Waals surface area contributed by atoms with Crippen LogP contribution in [0.1, 0.15) is 33.1 Å². The first kappa shape index (κ1) is 15.6. The number of aliphatic hydroxyl groups is 1. The van der Waals surface area contributed by atoms with Crippen molar-refractivity contribution in [3.05, 3.63) is 28.3 Å². The van der Waals surface area contributed by atoms with Crippen LogP contribution in [0.2, 0.25) is 0 Å². The molecule has 0 saturated heterocycles. The minimum absolute atomic E-state index is 0.0163. The first-order valence-corrected chi connectivity index (χ1v) is 7.25. The maximum absolute atomic E-state index is 11.0. The summed E-state index contributed by atoms with van der Waals surface area (Å²) in [5.74, 6) is 0.494. The third-order valence-electron chi connectivity index (χ3n) is 3.74. The topological polar surface area (TPSA) is 84.6 Å². The van der Waals surface area contributed by atoms with E-state index in [-0.39, 0.29) is 23.8 Å². The molecule has 0 spiro atoms. The van der Waals surface area contributed by atoms with E-state index >= 15 is 0 Å². The molecule has 116 valence electrons. The maximum atomic E-state index is 11.0. The minimum Gasteiger partial charge on any atom is -0.491 e. The van der Waals surface area contributed by atoms with Gasteiger partial charge < -0.3 is 15.2 Å². The predicted molar refractivity (Wildman–Crippen MR) is 80.7 cm³/mol. The van der Waals surface area contributed by atoms with E-state index in [0.29, 0.717) is 11.4 Å². The van der Waals surface area contributed by atoms with E-state index in [9.17, 15) is 10.1 Å². The van der Waals surface area contributed by atoms with Crippen LogP contribution in [0.3, 0.4) is 0 Å². The Kier molecular flexibility index (Phi) is 4.67. The highest BCUT2D eigenvalue weighted by molar-refractivity contribution is 5.56. The molecular formula is C15H22N2O4. The van der Waals surface area contributed by atoms with Gasteiger partial charge in [0.1, 0.15) is 5.75 Å². The van der Waals surface area contributed by atoms with Gasteiger partial charge in [-0.1, -0.05) is 0 Å². The summed E-state index contributed by atoms with van der Waals surface area (Å²) in [6.45, 7) is 4.66. The monoisotopic (exact) mass is 294 g/mol. The molecule has 1 aromatic rings. The highest BCUT2D eigenvalue weighted by atomic mass is 16.6. The molecule has 21 heavy (non-hydrogen) atoms. The number of anilines is 1. The standard InChI is InChI=1S/C15H22N2O4/c1-11(2)21-14-8-12(7-13(9-14)17(19)20)16-10-15(3-4-15)5-6-18/h7-9,11,16,18H,3-6,10H2,1-2H3. The molecule has 0 aliphatic heterocycles. The van der Waals surface area contributed by atoms with E-state index < -0.39 is 4.92 Å². The molecule has 2 rings (SSSR count). The van der Waals surface area contributed by atoms with Gasteiger partial charge in [-0.2, -0.15) is 0 Å². The second kappa shape index (κ2) is 6.30. The van der Waals surface area contributed by atoms with Crippen LogP contribution in [0.15, 0.2) is 18.2 Å². The van der Waals surface area contributed by atoms with Crippen molar-refractivity contribution in [3.8, 4) is 5.75 Å². The molecule has 1 aromatic carbocycles. The van der Waals surface area contributed by atoms with Gasteiger partial charge in [-0.05, 0) is 38.5 Å². The molecule has 1 aliphatic carbocycles. The second-order valence-electron chi connectivity index (χ2n) is 5.97. The largest absolute Gasteiger partial charge is 0.491 e. The first-order chi connectivity index (χ1) is 9.94. The molecule has 0 aromatic heterocycles. The number of hydrogen-bond acceptors (Lipinski definition) is 5. The number of aliphatic hydroxyl groups excluding tert-OH is 1. The number of ether oxygens (including phenoxy) is 1. The number of nitrogens with zero attached hydrogens (tertiary/aromatic N) is 1. The molecule has 0 amide bonds. The lowest BCUT2D eigenvalue weighted by atomic mass is 10.0. The first-order valence-electron chi connectivity index (χ1n) is 7.25. The van der Waals surface area contributed by atoms with Crippen LogP contribution in [0, 0.1) is 15.5 Å². The fraction of sp³-hybridized carbons (Fsp3) is 0.600. The van der Waals surface area contributed by atoms with Crippen LogP contribution >= 0.6 is 0 Å². The number of nitro groups is 1. The zero-order valence-electron chi connectivity index (χ0n) is 12.5. The molecule has 0 heterocycles. The van der Waals surface area contributed by atoms with Crippen LogP contribution in [-0.4, -0.2) is 29.3 Å². The highest BCUT2D eigenvalue weighted by Crippen LogP contribution is 2.48. The third-order valence-corrected chi connectivity index (χ3v) is 3.74. The van der Waals surface area contributed by atoms with Crippen molar-refractivity contribution in [1.29, 1.82) is 0 Å². The SMILES string of the molecule is CC(C)Oc1cc(NCC2(CCO)CC2)cc([N+](=O)[O-])c1. The Hall–Kier alpha value is -1.82. The van der Waals surface area contributed by atoms with Crippen LogP contribution < -0.4 is 10.1 Å².